The molecule has 3 heterocycles. The van der Waals surface area contributed by atoms with Crippen LogP contribution in [0.4, 0.5) is 0 Å². The maximum absolute atomic E-state index is 13.3. The number of piperidine rings is 1. The van der Waals surface area contributed by atoms with Gasteiger partial charge in [-0.25, -0.2) is 8.42 Å². The molecule has 3 aromatic rings. The van der Waals surface area contributed by atoms with E-state index in [0.717, 1.165) is 24.0 Å². The molecule has 1 fully saturated rings. The molecule has 2 aromatic carbocycles. The molecule has 0 spiro atoms. The first-order chi connectivity index (χ1) is 15.0. The van der Waals surface area contributed by atoms with Crippen LogP contribution in [0.5, 0.6) is 11.5 Å². The normalized spacial score (nSPS) is 19.3. The third kappa shape index (κ3) is 3.90. The Bertz CT molecular complexity index is 1190. The highest BCUT2D eigenvalue weighted by Gasteiger charge is 2.34. The third-order valence-electron chi connectivity index (χ3n) is 5.64. The van der Waals surface area contributed by atoms with E-state index in [4.69, 9.17) is 14.0 Å². The summed E-state index contributed by atoms with van der Waals surface area (Å²) in [6.07, 6.45) is 1.51. The van der Waals surface area contributed by atoms with Gasteiger partial charge in [-0.1, -0.05) is 35.0 Å². The van der Waals surface area contributed by atoms with Gasteiger partial charge in [-0.05, 0) is 31.9 Å². The Morgan fingerprint density at radius 3 is 2.61 bits per heavy atom. The second-order valence-corrected chi connectivity index (χ2v) is 9.77. The summed E-state index contributed by atoms with van der Waals surface area (Å²) in [5, 5.41) is 4.10. The van der Waals surface area contributed by atoms with Crippen molar-refractivity contribution in [2.24, 2.45) is 0 Å². The first-order valence-electron chi connectivity index (χ1n) is 10.3. The SMILES string of the molecule is Cc1ccc(-c2noc(C3CCCN(S(=O)(=O)c4ccc5c(c4)OCCO5)C3)n2)cc1. The predicted octanol–water partition coefficient (Wildman–Crippen LogP) is 3.38. The minimum absolute atomic E-state index is 0.146. The third-order valence-corrected chi connectivity index (χ3v) is 7.50. The van der Waals surface area contributed by atoms with Gasteiger partial charge in [0.2, 0.25) is 21.7 Å². The molecular formula is C22H23N3O5S. The summed E-state index contributed by atoms with van der Waals surface area (Å²) in [5.74, 6) is 1.86. The molecule has 9 heteroatoms. The van der Waals surface area contributed by atoms with Gasteiger partial charge in [0.1, 0.15) is 13.2 Å². The Labute approximate surface area is 180 Å². The van der Waals surface area contributed by atoms with Gasteiger partial charge in [0.15, 0.2) is 11.5 Å². The average Bonchev–Trinajstić information content (AvgIpc) is 3.30. The summed E-state index contributed by atoms with van der Waals surface area (Å²) in [4.78, 5) is 4.74. The van der Waals surface area contributed by atoms with E-state index in [1.54, 1.807) is 12.1 Å². The molecule has 162 valence electrons. The number of aromatic nitrogens is 2. The monoisotopic (exact) mass is 441 g/mol. The zero-order chi connectivity index (χ0) is 21.4. The van der Waals surface area contributed by atoms with Crippen molar-refractivity contribution in [2.45, 2.75) is 30.6 Å². The molecule has 31 heavy (non-hydrogen) atoms. The molecule has 0 aliphatic carbocycles. The van der Waals surface area contributed by atoms with Crippen LogP contribution in [0.1, 0.15) is 30.2 Å². The molecule has 5 rings (SSSR count). The highest BCUT2D eigenvalue weighted by molar-refractivity contribution is 7.89. The molecule has 2 aliphatic rings. The van der Waals surface area contributed by atoms with Crippen LogP contribution in [0.3, 0.4) is 0 Å². The van der Waals surface area contributed by atoms with Crippen molar-refractivity contribution in [1.82, 2.24) is 14.4 Å². The summed E-state index contributed by atoms with van der Waals surface area (Å²) >= 11 is 0. The van der Waals surface area contributed by atoms with Crippen molar-refractivity contribution in [1.29, 1.82) is 0 Å². The van der Waals surface area contributed by atoms with E-state index < -0.39 is 10.0 Å². The number of aryl methyl sites for hydroxylation is 1. The van der Waals surface area contributed by atoms with Crippen LogP contribution >= 0.6 is 0 Å². The lowest BCUT2D eigenvalue weighted by atomic mass is 10.00. The fourth-order valence-electron chi connectivity index (χ4n) is 3.92. The largest absolute Gasteiger partial charge is 0.486 e. The molecular weight excluding hydrogens is 418 g/mol. The van der Waals surface area contributed by atoms with Crippen molar-refractivity contribution < 1.29 is 22.4 Å². The Balaban J connectivity index is 1.36. The second kappa shape index (κ2) is 7.97. The van der Waals surface area contributed by atoms with Crippen molar-refractivity contribution in [3.05, 3.63) is 53.9 Å². The molecule has 0 radical (unpaired) electrons. The van der Waals surface area contributed by atoms with Gasteiger partial charge in [-0.2, -0.15) is 9.29 Å². The number of sulfonamides is 1. The van der Waals surface area contributed by atoms with Gasteiger partial charge < -0.3 is 14.0 Å². The van der Waals surface area contributed by atoms with E-state index in [0.29, 0.717) is 49.5 Å². The fourth-order valence-corrected chi connectivity index (χ4v) is 5.46. The second-order valence-electron chi connectivity index (χ2n) is 7.83. The summed E-state index contributed by atoms with van der Waals surface area (Å²) in [6.45, 7) is 3.63. The summed E-state index contributed by atoms with van der Waals surface area (Å²) < 4.78 is 44.6. The number of ether oxygens (including phenoxy) is 2. The molecule has 0 amide bonds. The Morgan fingerprint density at radius 1 is 1.03 bits per heavy atom. The van der Waals surface area contributed by atoms with Crippen LogP contribution in [0.25, 0.3) is 11.4 Å². The van der Waals surface area contributed by atoms with Crippen LogP contribution in [0.15, 0.2) is 51.9 Å². The lowest BCUT2D eigenvalue weighted by Gasteiger charge is -2.30. The molecule has 1 unspecified atom stereocenters. The van der Waals surface area contributed by atoms with Crippen molar-refractivity contribution in [3.8, 4) is 22.9 Å². The highest BCUT2D eigenvalue weighted by atomic mass is 32.2. The van der Waals surface area contributed by atoms with E-state index in [9.17, 15) is 8.42 Å². The quantitative estimate of drug-likeness (QED) is 0.612. The molecule has 8 nitrogen and oxygen atoms in total. The van der Waals surface area contributed by atoms with Crippen molar-refractivity contribution in [2.75, 3.05) is 26.3 Å². The van der Waals surface area contributed by atoms with Gasteiger partial charge in [-0.15, -0.1) is 0 Å². The van der Waals surface area contributed by atoms with E-state index in [2.05, 4.69) is 10.1 Å². The maximum atomic E-state index is 13.3. The van der Waals surface area contributed by atoms with Crippen LogP contribution in [-0.4, -0.2) is 49.2 Å². The minimum atomic E-state index is -3.68. The van der Waals surface area contributed by atoms with E-state index >= 15 is 0 Å². The molecule has 0 N–H and O–H groups in total. The van der Waals surface area contributed by atoms with Gasteiger partial charge >= 0.3 is 0 Å². The van der Waals surface area contributed by atoms with Crippen molar-refractivity contribution >= 4 is 10.0 Å². The molecule has 0 saturated carbocycles. The highest BCUT2D eigenvalue weighted by Crippen LogP contribution is 2.35. The van der Waals surface area contributed by atoms with Crippen molar-refractivity contribution in [3.63, 3.8) is 0 Å². The van der Waals surface area contributed by atoms with E-state index in [1.165, 1.54) is 10.4 Å². The van der Waals surface area contributed by atoms with Gasteiger partial charge in [0.25, 0.3) is 0 Å². The Morgan fingerprint density at radius 2 is 1.81 bits per heavy atom. The van der Waals surface area contributed by atoms with Crippen LogP contribution in [0, 0.1) is 6.92 Å². The summed E-state index contributed by atoms with van der Waals surface area (Å²) in [5.41, 5.74) is 2.02. The smallest absolute Gasteiger partial charge is 0.243 e. The number of hydrogen-bond acceptors (Lipinski definition) is 7. The van der Waals surface area contributed by atoms with E-state index in [-0.39, 0.29) is 10.8 Å². The number of hydrogen-bond donors (Lipinski definition) is 0. The van der Waals surface area contributed by atoms with Crippen LogP contribution in [0.2, 0.25) is 0 Å². The molecule has 0 bridgehead atoms. The van der Waals surface area contributed by atoms with Crippen LogP contribution in [-0.2, 0) is 10.0 Å². The lowest BCUT2D eigenvalue weighted by molar-refractivity contribution is 0.171. The zero-order valence-corrected chi connectivity index (χ0v) is 18.0. The topological polar surface area (TPSA) is 94.8 Å². The Kier molecular flexibility index (Phi) is 5.15. The lowest BCUT2D eigenvalue weighted by Crippen LogP contribution is -2.39. The minimum Gasteiger partial charge on any atom is -0.486 e. The van der Waals surface area contributed by atoms with Gasteiger partial charge in [0.05, 0.1) is 10.8 Å². The predicted molar refractivity (Wildman–Crippen MR) is 113 cm³/mol. The first kappa shape index (κ1) is 20.0. The maximum Gasteiger partial charge on any atom is 0.243 e. The van der Waals surface area contributed by atoms with Gasteiger partial charge in [-0.3, -0.25) is 0 Å². The summed E-state index contributed by atoms with van der Waals surface area (Å²) in [7, 11) is -3.68. The fraction of sp³-hybridized carbons (Fsp3) is 0.364. The number of benzene rings is 2. The first-order valence-corrected chi connectivity index (χ1v) is 11.8. The average molecular weight is 442 g/mol. The number of fused-ring (bicyclic) bond motifs is 1. The Hall–Kier alpha value is -2.91. The number of rotatable bonds is 4. The number of nitrogens with zero attached hydrogens (tertiary/aromatic N) is 3. The van der Waals surface area contributed by atoms with E-state index in [1.807, 2.05) is 31.2 Å². The van der Waals surface area contributed by atoms with Crippen LogP contribution < -0.4 is 9.47 Å². The molecule has 1 saturated heterocycles. The van der Waals surface area contributed by atoms with Gasteiger partial charge in [0, 0.05) is 24.7 Å². The molecule has 1 atom stereocenters. The molecule has 2 aliphatic heterocycles. The zero-order valence-electron chi connectivity index (χ0n) is 17.2. The standard InChI is InChI=1S/C22H23N3O5S/c1-15-4-6-16(7-5-15)21-23-22(30-24-21)17-3-2-10-25(14-17)31(26,27)18-8-9-19-20(13-18)29-12-11-28-19/h4-9,13,17H,2-3,10-12,14H2,1H3. The summed E-state index contributed by atoms with van der Waals surface area (Å²) in [6, 6.07) is 12.6. The molecule has 1 aromatic heterocycles.